The minimum atomic E-state index is -2.67. The molecule has 0 unspecified atom stereocenters. The van der Waals surface area contributed by atoms with Crippen molar-refractivity contribution in [2.24, 2.45) is 0 Å². The second-order valence-corrected chi connectivity index (χ2v) is 9.20. The van der Waals surface area contributed by atoms with Crippen LogP contribution < -0.4 is 15.9 Å². The normalized spacial score (nSPS) is 10.7. The largest absolute Gasteiger partial charge is 0.462 e. The maximum absolute atomic E-state index is 12.9. The van der Waals surface area contributed by atoms with E-state index >= 15 is 0 Å². The van der Waals surface area contributed by atoms with E-state index < -0.39 is 12.9 Å². The smallest absolute Gasteiger partial charge is 0.349 e. The number of carbonyl (C=O) groups excluding carboxylic acids is 1. The second-order valence-electron chi connectivity index (χ2n) is 5.86. The molecule has 134 valence electrons. The lowest BCUT2D eigenvalue weighted by Crippen LogP contribution is -2.33. The predicted molar refractivity (Wildman–Crippen MR) is 112 cm³/mol. The number of nitriles is 1. The number of carbonyl (C=O) groups is 1. The Hall–Kier alpha value is -3.08. The van der Waals surface area contributed by atoms with Crippen LogP contribution in [0.1, 0.15) is 6.92 Å². The van der Waals surface area contributed by atoms with E-state index in [1.54, 1.807) is 6.92 Å². The van der Waals surface area contributed by atoms with Gasteiger partial charge in [-0.15, -0.1) is 0 Å². The van der Waals surface area contributed by atoms with Gasteiger partial charge < -0.3 is 4.74 Å². The van der Waals surface area contributed by atoms with Crippen LogP contribution in [-0.2, 0) is 9.53 Å². The molecule has 0 aliphatic heterocycles. The molecule has 27 heavy (non-hydrogen) atoms. The average molecular weight is 373 g/mol. The number of rotatable bonds is 5. The molecule has 4 heteroatoms. The Kier molecular flexibility index (Phi) is 5.91. The van der Waals surface area contributed by atoms with Gasteiger partial charge in [0.15, 0.2) is 0 Å². The van der Waals surface area contributed by atoms with Gasteiger partial charge in [-0.1, -0.05) is 91.0 Å². The molecule has 3 aromatic carbocycles. The van der Waals surface area contributed by atoms with E-state index in [1.807, 2.05) is 91.0 Å². The summed E-state index contributed by atoms with van der Waals surface area (Å²) in [6.45, 7) is -0.693. The summed E-state index contributed by atoms with van der Waals surface area (Å²) in [5, 5.41) is 13.1. The Morgan fingerprint density at radius 3 is 1.48 bits per heavy atom. The Balaban J connectivity index is 2.56. The van der Waals surface area contributed by atoms with Gasteiger partial charge in [0.05, 0.1) is 6.61 Å². The second kappa shape index (κ2) is 8.54. The topological polar surface area (TPSA) is 50.1 Å². The van der Waals surface area contributed by atoms with Gasteiger partial charge in [0.25, 0.3) is 0 Å². The maximum Gasteiger partial charge on any atom is 0.349 e. The van der Waals surface area contributed by atoms with Gasteiger partial charge >= 0.3 is 5.97 Å². The number of hydrogen-bond donors (Lipinski definition) is 0. The zero-order valence-electron chi connectivity index (χ0n) is 15.1. The van der Waals surface area contributed by atoms with Crippen LogP contribution in [0.15, 0.2) is 91.0 Å². The summed E-state index contributed by atoms with van der Waals surface area (Å²) in [5.74, 6) is -0.551. The van der Waals surface area contributed by atoms with E-state index in [-0.39, 0.29) is 11.9 Å². The molecule has 0 aliphatic carbocycles. The molecule has 3 aromatic rings. The molecular weight excluding hydrogens is 353 g/mol. The van der Waals surface area contributed by atoms with Crippen LogP contribution in [0.25, 0.3) is 0 Å². The average Bonchev–Trinajstić information content (AvgIpc) is 2.74. The van der Waals surface area contributed by atoms with E-state index in [1.165, 1.54) is 0 Å². The van der Waals surface area contributed by atoms with E-state index in [0.717, 1.165) is 15.9 Å². The standard InChI is InChI=1S/C23H20NO2P/c1-2-26-23(25)22(18-24)27(19-12-6-3-7-13-19,20-14-8-4-9-15-20)21-16-10-5-11-17-21/h3-17H,2H2,1H3. The number of nitrogens with zero attached hydrogens (tertiary/aromatic N) is 1. The molecule has 0 aliphatic rings. The molecular formula is C23H20NO2P. The minimum Gasteiger partial charge on any atom is -0.462 e. The van der Waals surface area contributed by atoms with Crippen LogP contribution in [0.5, 0.6) is 0 Å². The zero-order valence-corrected chi connectivity index (χ0v) is 16.0. The van der Waals surface area contributed by atoms with Crippen LogP contribution in [0.2, 0.25) is 0 Å². The van der Waals surface area contributed by atoms with Crippen LogP contribution >= 0.6 is 6.89 Å². The molecule has 0 aromatic heterocycles. The number of benzene rings is 3. The number of ether oxygens (including phenoxy) is 1. The predicted octanol–water partition coefficient (Wildman–Crippen LogP) is 3.24. The van der Waals surface area contributed by atoms with E-state index in [9.17, 15) is 10.1 Å². The van der Waals surface area contributed by atoms with E-state index in [0.29, 0.717) is 0 Å². The fraction of sp³-hybridized carbons (Fsp3) is 0.0870. The van der Waals surface area contributed by atoms with Crippen molar-refractivity contribution in [2.75, 3.05) is 6.61 Å². The van der Waals surface area contributed by atoms with Crippen LogP contribution in [0.3, 0.4) is 0 Å². The van der Waals surface area contributed by atoms with Gasteiger partial charge in [-0.25, -0.2) is 4.79 Å². The summed E-state index contributed by atoms with van der Waals surface area (Å²) in [7, 11) is 0. The third-order valence-electron chi connectivity index (χ3n) is 4.34. The molecule has 0 atom stereocenters. The summed E-state index contributed by atoms with van der Waals surface area (Å²) >= 11 is 0. The zero-order chi connectivity index (χ0) is 19.1. The Morgan fingerprint density at radius 2 is 1.19 bits per heavy atom. The van der Waals surface area contributed by atoms with Gasteiger partial charge in [-0.2, -0.15) is 5.26 Å². The summed E-state index contributed by atoms with van der Waals surface area (Å²) in [5.41, 5.74) is 0. The third kappa shape index (κ3) is 3.45. The van der Waals surface area contributed by atoms with Crippen molar-refractivity contribution in [3.63, 3.8) is 0 Å². The van der Waals surface area contributed by atoms with Gasteiger partial charge in [-0.05, 0) is 22.8 Å². The summed E-state index contributed by atoms with van der Waals surface area (Å²) in [6.07, 6.45) is 0. The lowest BCUT2D eigenvalue weighted by molar-refractivity contribution is -0.134. The molecule has 0 N–H and O–H groups in total. The fourth-order valence-corrected chi connectivity index (χ4v) is 7.26. The summed E-state index contributed by atoms with van der Waals surface area (Å²) < 4.78 is 5.29. The van der Waals surface area contributed by atoms with Crippen molar-refractivity contribution in [1.29, 1.82) is 5.26 Å². The molecule has 0 amide bonds. The minimum absolute atomic E-state index is 0.160. The first kappa shape index (κ1) is 18.7. The summed E-state index contributed by atoms with van der Waals surface area (Å²) in [6, 6.07) is 31.6. The molecule has 0 spiro atoms. The first-order valence-electron chi connectivity index (χ1n) is 8.75. The number of esters is 1. The van der Waals surface area contributed by atoms with Gasteiger partial charge in [-0.3, -0.25) is 0 Å². The van der Waals surface area contributed by atoms with Crippen molar-refractivity contribution in [2.45, 2.75) is 6.92 Å². The highest BCUT2D eigenvalue weighted by Gasteiger charge is 2.33. The number of hydrogen-bond acceptors (Lipinski definition) is 3. The Bertz CT molecular complexity index is 903. The van der Waals surface area contributed by atoms with Crippen molar-refractivity contribution in [3.8, 4) is 6.07 Å². The lowest BCUT2D eigenvalue weighted by atomic mass is 10.3. The quantitative estimate of drug-likeness (QED) is 0.510. The van der Waals surface area contributed by atoms with Gasteiger partial charge in [0, 0.05) is 6.89 Å². The maximum atomic E-state index is 12.9. The first-order valence-corrected chi connectivity index (χ1v) is 10.5. The molecule has 0 heterocycles. The summed E-state index contributed by atoms with van der Waals surface area (Å²) in [4.78, 5) is 12.9. The highest BCUT2D eigenvalue weighted by Crippen LogP contribution is 2.46. The van der Waals surface area contributed by atoms with Gasteiger partial charge in [0.1, 0.15) is 11.4 Å². The lowest BCUT2D eigenvalue weighted by Gasteiger charge is -2.29. The molecule has 0 saturated carbocycles. The van der Waals surface area contributed by atoms with Crippen LogP contribution in [-0.4, -0.2) is 17.9 Å². The molecule has 3 nitrogen and oxygen atoms in total. The Labute approximate surface area is 159 Å². The van der Waals surface area contributed by atoms with Crippen molar-refractivity contribution < 1.29 is 9.53 Å². The van der Waals surface area contributed by atoms with Crippen molar-refractivity contribution >= 4 is 34.1 Å². The van der Waals surface area contributed by atoms with Gasteiger partial charge in [0.2, 0.25) is 0 Å². The SMILES string of the molecule is CCOC(=O)C(C#N)=P(c1ccccc1)(c1ccccc1)c1ccccc1. The molecule has 3 rings (SSSR count). The molecule has 0 bridgehead atoms. The third-order valence-corrected chi connectivity index (χ3v) is 8.51. The van der Waals surface area contributed by atoms with E-state index in [2.05, 4.69) is 6.07 Å². The highest BCUT2D eigenvalue weighted by atomic mass is 31.2. The first-order chi connectivity index (χ1) is 13.2. The molecule has 0 saturated heterocycles. The monoisotopic (exact) mass is 373 g/mol. The fourth-order valence-electron chi connectivity index (χ4n) is 3.25. The van der Waals surface area contributed by atoms with Crippen molar-refractivity contribution in [3.05, 3.63) is 91.0 Å². The highest BCUT2D eigenvalue weighted by molar-refractivity contribution is 7.96. The van der Waals surface area contributed by atoms with Crippen molar-refractivity contribution in [1.82, 2.24) is 0 Å². The van der Waals surface area contributed by atoms with Crippen LogP contribution in [0, 0.1) is 11.3 Å². The Morgan fingerprint density at radius 1 is 0.815 bits per heavy atom. The molecule has 0 fully saturated rings. The van der Waals surface area contributed by atoms with E-state index in [4.69, 9.17) is 4.74 Å². The molecule has 0 radical (unpaired) electrons. The van der Waals surface area contributed by atoms with Crippen LogP contribution in [0.4, 0.5) is 0 Å².